The van der Waals surface area contributed by atoms with Crippen molar-refractivity contribution in [2.75, 3.05) is 0 Å². The van der Waals surface area contributed by atoms with E-state index in [2.05, 4.69) is 0 Å². The van der Waals surface area contributed by atoms with Gasteiger partial charge in [0.05, 0.1) is 0 Å². The molecule has 0 aliphatic carbocycles. The van der Waals surface area contributed by atoms with Crippen molar-refractivity contribution in [2.24, 2.45) is 0 Å². The Labute approximate surface area is 80.7 Å². The fourth-order valence-corrected chi connectivity index (χ4v) is 1.55. The molecule has 76 valence electrons. The molecular weight excluding hydrogens is 208 g/mol. The Hall–Kier alpha value is -1.40. The van der Waals surface area contributed by atoms with E-state index >= 15 is 0 Å². The van der Waals surface area contributed by atoms with Crippen molar-refractivity contribution in [1.82, 2.24) is 0 Å². The van der Waals surface area contributed by atoms with Gasteiger partial charge in [-0.05, 0) is 25.1 Å². The summed E-state index contributed by atoms with van der Waals surface area (Å²) in [7, 11) is -4.49. The van der Waals surface area contributed by atoms with Gasteiger partial charge in [-0.2, -0.15) is 8.42 Å². The number of phenolic OH excluding ortho intramolecular Hbond substituents is 1. The lowest BCUT2D eigenvalue weighted by Gasteiger charge is -2.02. The molecule has 0 radical (unpaired) electrons. The highest BCUT2D eigenvalue weighted by Crippen LogP contribution is 2.23. The zero-order chi connectivity index (χ0) is 10.9. The molecule has 1 aromatic rings. The van der Waals surface area contributed by atoms with E-state index in [-0.39, 0.29) is 11.3 Å². The summed E-state index contributed by atoms with van der Waals surface area (Å²) in [5, 5.41) is 9.10. The van der Waals surface area contributed by atoms with Crippen molar-refractivity contribution in [3.8, 4) is 5.75 Å². The Morgan fingerprint density at radius 1 is 1.36 bits per heavy atom. The normalized spacial score (nSPS) is 11.3. The molecular formula is C8H8O5S. The highest BCUT2D eigenvalue weighted by molar-refractivity contribution is 7.86. The molecule has 0 saturated heterocycles. The van der Waals surface area contributed by atoms with Crippen molar-refractivity contribution in [3.05, 3.63) is 23.8 Å². The minimum absolute atomic E-state index is 0.107. The molecule has 1 aromatic carbocycles. The summed E-state index contributed by atoms with van der Waals surface area (Å²) in [4.78, 5) is 10.2. The molecule has 0 bridgehead atoms. The average Bonchev–Trinajstić information content (AvgIpc) is 2.02. The van der Waals surface area contributed by atoms with Gasteiger partial charge in [-0.15, -0.1) is 0 Å². The van der Waals surface area contributed by atoms with E-state index in [1.807, 2.05) is 0 Å². The molecule has 0 amide bonds. The molecule has 0 aliphatic rings. The first kappa shape index (κ1) is 10.7. The molecule has 0 atom stereocenters. The zero-order valence-electron chi connectivity index (χ0n) is 7.26. The molecule has 0 aromatic heterocycles. The van der Waals surface area contributed by atoms with Gasteiger partial charge in [0.15, 0.2) is 5.78 Å². The maximum atomic E-state index is 10.9. The Morgan fingerprint density at radius 3 is 2.36 bits per heavy atom. The van der Waals surface area contributed by atoms with E-state index in [0.717, 1.165) is 12.1 Å². The Morgan fingerprint density at radius 2 is 1.93 bits per heavy atom. The van der Waals surface area contributed by atoms with Crippen LogP contribution >= 0.6 is 0 Å². The number of rotatable bonds is 2. The van der Waals surface area contributed by atoms with Crippen molar-refractivity contribution in [3.63, 3.8) is 0 Å². The number of carbonyl (C=O) groups is 1. The summed E-state index contributed by atoms with van der Waals surface area (Å²) in [6, 6.07) is 3.24. The van der Waals surface area contributed by atoms with Crippen LogP contribution in [0.3, 0.4) is 0 Å². The van der Waals surface area contributed by atoms with Gasteiger partial charge < -0.3 is 5.11 Å². The third kappa shape index (κ3) is 2.09. The lowest BCUT2D eigenvalue weighted by atomic mass is 10.1. The maximum Gasteiger partial charge on any atom is 0.298 e. The summed E-state index contributed by atoms with van der Waals surface area (Å²) >= 11 is 0. The third-order valence-electron chi connectivity index (χ3n) is 1.64. The number of benzene rings is 1. The number of aromatic hydroxyl groups is 1. The Kier molecular flexibility index (Phi) is 2.59. The fourth-order valence-electron chi connectivity index (χ4n) is 0.940. The van der Waals surface area contributed by atoms with Crippen molar-refractivity contribution < 1.29 is 22.9 Å². The summed E-state index contributed by atoms with van der Waals surface area (Å²) in [5.74, 6) is -0.938. The van der Waals surface area contributed by atoms with Crippen LogP contribution in [0, 0.1) is 0 Å². The first-order chi connectivity index (χ1) is 6.32. The molecule has 1 rings (SSSR count). The average molecular weight is 216 g/mol. The molecule has 0 unspecified atom stereocenters. The summed E-state index contributed by atoms with van der Waals surface area (Å²) in [6.45, 7) is 1.25. The summed E-state index contributed by atoms with van der Waals surface area (Å²) in [5.41, 5.74) is 0.107. The smallest absolute Gasteiger partial charge is 0.298 e. The van der Waals surface area contributed by atoms with Gasteiger partial charge in [0.2, 0.25) is 0 Å². The van der Waals surface area contributed by atoms with Crippen LogP contribution in [0.2, 0.25) is 0 Å². The van der Waals surface area contributed by atoms with Gasteiger partial charge in [-0.3, -0.25) is 9.35 Å². The van der Waals surface area contributed by atoms with Crippen LogP contribution in [0.4, 0.5) is 0 Å². The molecule has 6 heteroatoms. The molecule has 14 heavy (non-hydrogen) atoms. The van der Waals surface area contributed by atoms with Gasteiger partial charge in [-0.1, -0.05) is 0 Å². The van der Waals surface area contributed by atoms with Crippen LogP contribution in [0.1, 0.15) is 17.3 Å². The Bertz CT molecular complexity index is 475. The number of carbonyl (C=O) groups excluding carboxylic acids is 1. The maximum absolute atomic E-state index is 10.9. The van der Waals surface area contributed by atoms with E-state index in [4.69, 9.17) is 9.66 Å². The highest BCUT2D eigenvalue weighted by atomic mass is 32.2. The lowest BCUT2D eigenvalue weighted by Crippen LogP contribution is -2.01. The van der Waals surface area contributed by atoms with Gasteiger partial charge in [0, 0.05) is 5.56 Å². The van der Waals surface area contributed by atoms with Crippen LogP contribution in [-0.2, 0) is 10.1 Å². The van der Waals surface area contributed by atoms with Crippen LogP contribution in [0.5, 0.6) is 5.75 Å². The Balaban J connectivity index is 3.44. The molecule has 2 N–H and O–H groups in total. The van der Waals surface area contributed by atoms with E-state index in [1.54, 1.807) is 0 Å². The van der Waals surface area contributed by atoms with Crippen LogP contribution < -0.4 is 0 Å². The van der Waals surface area contributed by atoms with Crippen LogP contribution in [-0.4, -0.2) is 23.9 Å². The second kappa shape index (κ2) is 3.39. The molecule has 0 spiro atoms. The third-order valence-corrected chi connectivity index (χ3v) is 2.53. The predicted molar refractivity (Wildman–Crippen MR) is 47.9 cm³/mol. The molecule has 5 nitrogen and oxygen atoms in total. The topological polar surface area (TPSA) is 91.7 Å². The number of hydrogen-bond donors (Lipinski definition) is 2. The zero-order valence-corrected chi connectivity index (χ0v) is 8.08. The van der Waals surface area contributed by atoms with Gasteiger partial charge in [0.1, 0.15) is 10.6 Å². The monoisotopic (exact) mass is 216 g/mol. The summed E-state index contributed by atoms with van der Waals surface area (Å²) < 4.78 is 30.1. The number of phenols is 1. The van der Waals surface area contributed by atoms with E-state index in [1.165, 1.54) is 13.0 Å². The number of hydrogen-bond acceptors (Lipinski definition) is 4. The minimum atomic E-state index is -4.49. The van der Waals surface area contributed by atoms with Crippen molar-refractivity contribution >= 4 is 15.9 Å². The largest absolute Gasteiger partial charge is 0.506 e. The van der Waals surface area contributed by atoms with Crippen LogP contribution in [0.15, 0.2) is 23.1 Å². The van der Waals surface area contributed by atoms with Crippen molar-refractivity contribution in [2.45, 2.75) is 11.8 Å². The first-order valence-corrected chi connectivity index (χ1v) is 5.08. The second-order valence-corrected chi connectivity index (χ2v) is 4.10. The molecule has 0 fully saturated rings. The van der Waals surface area contributed by atoms with E-state index < -0.39 is 20.8 Å². The lowest BCUT2D eigenvalue weighted by molar-refractivity contribution is 0.101. The first-order valence-electron chi connectivity index (χ1n) is 3.64. The highest BCUT2D eigenvalue weighted by Gasteiger charge is 2.16. The van der Waals surface area contributed by atoms with E-state index in [9.17, 15) is 13.2 Å². The molecule has 0 heterocycles. The number of Topliss-reactive ketones (excluding diaryl/α,β-unsaturated/α-hetero) is 1. The van der Waals surface area contributed by atoms with Crippen LogP contribution in [0.25, 0.3) is 0 Å². The standard InChI is InChI=1S/C8H8O5S/c1-5(9)6-2-3-7(10)8(4-6)14(11,12)13/h2-4,10H,1H3,(H,11,12,13). The van der Waals surface area contributed by atoms with Gasteiger partial charge >= 0.3 is 0 Å². The quantitative estimate of drug-likeness (QED) is 0.564. The predicted octanol–water partition coefficient (Wildman–Crippen LogP) is 0.842. The molecule has 0 saturated carbocycles. The second-order valence-electron chi connectivity index (χ2n) is 2.71. The summed E-state index contributed by atoms with van der Waals surface area (Å²) in [6.07, 6.45) is 0. The minimum Gasteiger partial charge on any atom is -0.506 e. The van der Waals surface area contributed by atoms with Crippen molar-refractivity contribution in [1.29, 1.82) is 0 Å². The SMILES string of the molecule is CC(=O)c1ccc(O)c(S(=O)(=O)O)c1. The van der Waals surface area contributed by atoms with Gasteiger partial charge in [-0.25, -0.2) is 0 Å². The fraction of sp³-hybridized carbons (Fsp3) is 0.125. The molecule has 0 aliphatic heterocycles. The van der Waals surface area contributed by atoms with E-state index in [0.29, 0.717) is 0 Å². The number of ketones is 1. The van der Waals surface area contributed by atoms with Gasteiger partial charge in [0.25, 0.3) is 10.1 Å².